The minimum absolute atomic E-state index is 0.120. The van der Waals surface area contributed by atoms with E-state index in [0.29, 0.717) is 6.42 Å². The zero-order valence-electron chi connectivity index (χ0n) is 11.3. The van der Waals surface area contributed by atoms with Gasteiger partial charge in [-0.1, -0.05) is 6.08 Å². The van der Waals surface area contributed by atoms with Crippen LogP contribution in [0.5, 0.6) is 0 Å². The highest BCUT2D eigenvalue weighted by Crippen LogP contribution is 2.25. The molecule has 3 atom stereocenters. The van der Waals surface area contributed by atoms with Gasteiger partial charge in [-0.25, -0.2) is 0 Å². The van der Waals surface area contributed by atoms with Crippen LogP contribution in [0, 0.1) is 5.92 Å². The van der Waals surface area contributed by atoms with Crippen molar-refractivity contribution in [1.82, 2.24) is 0 Å². The molecule has 0 fully saturated rings. The number of rotatable bonds is 4. The number of esters is 3. The molecule has 1 aliphatic carbocycles. The van der Waals surface area contributed by atoms with Gasteiger partial charge < -0.3 is 14.2 Å². The number of hydrogen-bond acceptors (Lipinski definition) is 6. The van der Waals surface area contributed by atoms with Crippen molar-refractivity contribution in [3.8, 4) is 0 Å². The van der Waals surface area contributed by atoms with E-state index in [-0.39, 0.29) is 12.5 Å². The minimum atomic E-state index is -0.643. The molecule has 1 rings (SSSR count). The van der Waals surface area contributed by atoms with Crippen molar-refractivity contribution in [3.05, 3.63) is 12.2 Å². The van der Waals surface area contributed by atoms with Crippen molar-refractivity contribution in [3.63, 3.8) is 0 Å². The van der Waals surface area contributed by atoms with Gasteiger partial charge in [-0.3, -0.25) is 14.4 Å². The van der Waals surface area contributed by atoms with Crippen molar-refractivity contribution in [2.45, 2.75) is 39.4 Å². The van der Waals surface area contributed by atoms with Gasteiger partial charge >= 0.3 is 17.9 Å². The first kappa shape index (κ1) is 15.2. The summed E-state index contributed by atoms with van der Waals surface area (Å²) in [5, 5.41) is 0. The summed E-state index contributed by atoms with van der Waals surface area (Å²) in [6.45, 7) is 4.00. The molecule has 6 nitrogen and oxygen atoms in total. The van der Waals surface area contributed by atoms with E-state index in [1.54, 1.807) is 6.08 Å². The number of ether oxygens (including phenoxy) is 3. The molecule has 0 amide bonds. The van der Waals surface area contributed by atoms with Crippen LogP contribution in [0.25, 0.3) is 0 Å². The molecule has 0 aromatic rings. The molecule has 0 aromatic heterocycles. The maximum Gasteiger partial charge on any atom is 0.303 e. The highest BCUT2D eigenvalue weighted by atomic mass is 16.6. The molecular weight excluding hydrogens is 252 g/mol. The highest BCUT2D eigenvalue weighted by molar-refractivity contribution is 5.68. The number of allylic oxidation sites excluding steroid dienone is 1. The van der Waals surface area contributed by atoms with Crippen LogP contribution in [0.1, 0.15) is 27.2 Å². The second-order valence-corrected chi connectivity index (χ2v) is 4.37. The Balaban J connectivity index is 2.77. The summed E-state index contributed by atoms with van der Waals surface area (Å²) in [7, 11) is 0. The molecule has 0 heterocycles. The van der Waals surface area contributed by atoms with Crippen LogP contribution in [0.4, 0.5) is 0 Å². The molecule has 0 spiro atoms. The Bertz CT molecular complexity index is 387. The van der Waals surface area contributed by atoms with Crippen molar-refractivity contribution in [2.75, 3.05) is 6.61 Å². The molecule has 0 saturated heterocycles. The average Bonchev–Trinajstić information content (AvgIpc) is 2.28. The zero-order valence-corrected chi connectivity index (χ0v) is 11.3. The van der Waals surface area contributed by atoms with Crippen LogP contribution < -0.4 is 0 Å². The van der Waals surface area contributed by atoms with E-state index in [1.807, 2.05) is 6.08 Å². The fourth-order valence-electron chi connectivity index (χ4n) is 1.94. The van der Waals surface area contributed by atoms with E-state index in [2.05, 4.69) is 0 Å². The first-order valence-electron chi connectivity index (χ1n) is 6.04. The fraction of sp³-hybridized carbons (Fsp3) is 0.615. The molecule has 0 unspecified atom stereocenters. The van der Waals surface area contributed by atoms with Gasteiger partial charge in [-0.15, -0.1) is 0 Å². The lowest BCUT2D eigenvalue weighted by atomic mass is 9.89. The molecule has 0 N–H and O–H groups in total. The second-order valence-electron chi connectivity index (χ2n) is 4.37. The average molecular weight is 270 g/mol. The van der Waals surface area contributed by atoms with E-state index in [0.717, 1.165) is 0 Å². The zero-order chi connectivity index (χ0) is 14.4. The van der Waals surface area contributed by atoms with Crippen molar-refractivity contribution >= 4 is 17.9 Å². The Morgan fingerprint density at radius 2 is 1.68 bits per heavy atom. The van der Waals surface area contributed by atoms with Crippen molar-refractivity contribution in [1.29, 1.82) is 0 Å². The molecule has 1 aliphatic rings. The smallest absolute Gasteiger partial charge is 0.303 e. The molecular formula is C13H18O6. The predicted octanol–water partition coefficient (Wildman–Crippen LogP) is 0.989. The Labute approximate surface area is 111 Å². The first-order valence-corrected chi connectivity index (χ1v) is 6.04. The summed E-state index contributed by atoms with van der Waals surface area (Å²) in [6, 6.07) is 0. The van der Waals surface area contributed by atoms with E-state index in [1.165, 1.54) is 20.8 Å². The summed E-state index contributed by atoms with van der Waals surface area (Å²) >= 11 is 0. The molecule has 0 radical (unpaired) electrons. The van der Waals surface area contributed by atoms with Gasteiger partial charge in [-0.2, -0.15) is 0 Å². The van der Waals surface area contributed by atoms with E-state index in [9.17, 15) is 14.4 Å². The SMILES string of the molecule is CC(=O)OC[C@H]1CC=C[C@@H](OC(C)=O)[C@@H]1OC(C)=O. The standard InChI is InChI=1S/C13H18O6/c1-8(14)17-7-11-5-4-6-12(18-9(2)15)13(11)19-10(3)16/h4,6,11-13H,5,7H2,1-3H3/t11-,12-,13-/m1/s1. The van der Waals surface area contributed by atoms with Crippen molar-refractivity contribution < 1.29 is 28.6 Å². The number of carbonyl (C=O) groups is 3. The van der Waals surface area contributed by atoms with Gasteiger partial charge in [0.2, 0.25) is 0 Å². The summed E-state index contributed by atoms with van der Waals surface area (Å²) in [5.41, 5.74) is 0. The van der Waals surface area contributed by atoms with Crippen molar-refractivity contribution in [2.24, 2.45) is 5.92 Å². The summed E-state index contributed by atoms with van der Waals surface area (Å²) in [6.07, 6.45) is 2.81. The molecule has 0 aromatic carbocycles. The van der Waals surface area contributed by atoms with Crippen LogP contribution in [0.15, 0.2) is 12.2 Å². The monoisotopic (exact) mass is 270 g/mol. The van der Waals surface area contributed by atoms with E-state index in [4.69, 9.17) is 14.2 Å². The third-order valence-electron chi connectivity index (χ3n) is 2.66. The van der Waals surface area contributed by atoms with Gasteiger partial charge in [0.15, 0.2) is 6.10 Å². The fourth-order valence-corrected chi connectivity index (χ4v) is 1.94. The van der Waals surface area contributed by atoms with Gasteiger partial charge in [0.25, 0.3) is 0 Å². The van der Waals surface area contributed by atoms with Gasteiger partial charge in [-0.05, 0) is 12.5 Å². The molecule has 6 heteroatoms. The van der Waals surface area contributed by atoms with Crippen LogP contribution in [-0.4, -0.2) is 36.7 Å². The predicted molar refractivity (Wildman–Crippen MR) is 65.0 cm³/mol. The maximum absolute atomic E-state index is 11.1. The van der Waals surface area contributed by atoms with Crippen LogP contribution in [-0.2, 0) is 28.6 Å². The number of carbonyl (C=O) groups excluding carboxylic acids is 3. The minimum Gasteiger partial charge on any atom is -0.465 e. The third kappa shape index (κ3) is 5.11. The Kier molecular flexibility index (Phi) is 5.54. The Morgan fingerprint density at radius 3 is 2.21 bits per heavy atom. The lowest BCUT2D eigenvalue weighted by molar-refractivity contribution is -0.169. The lowest BCUT2D eigenvalue weighted by Crippen LogP contribution is -2.42. The Morgan fingerprint density at radius 1 is 1.05 bits per heavy atom. The summed E-state index contributed by atoms with van der Waals surface area (Å²) in [5.74, 6) is -1.55. The maximum atomic E-state index is 11.1. The first-order chi connectivity index (χ1) is 8.90. The lowest BCUT2D eigenvalue weighted by Gasteiger charge is -2.33. The third-order valence-corrected chi connectivity index (χ3v) is 2.66. The molecule has 0 aliphatic heterocycles. The molecule has 19 heavy (non-hydrogen) atoms. The van der Waals surface area contributed by atoms with Crippen LogP contribution in [0.3, 0.4) is 0 Å². The largest absolute Gasteiger partial charge is 0.465 e. The second kappa shape index (κ2) is 6.92. The van der Waals surface area contributed by atoms with E-state index < -0.39 is 30.1 Å². The van der Waals surface area contributed by atoms with Gasteiger partial charge in [0.05, 0.1) is 6.61 Å². The normalized spacial score (nSPS) is 25.5. The number of hydrogen-bond donors (Lipinski definition) is 0. The van der Waals surface area contributed by atoms with Gasteiger partial charge in [0, 0.05) is 26.7 Å². The van der Waals surface area contributed by atoms with Gasteiger partial charge in [0.1, 0.15) is 6.10 Å². The van der Waals surface area contributed by atoms with Crippen LogP contribution >= 0.6 is 0 Å². The summed E-state index contributed by atoms with van der Waals surface area (Å²) in [4.78, 5) is 33.0. The summed E-state index contributed by atoms with van der Waals surface area (Å²) < 4.78 is 15.2. The molecule has 106 valence electrons. The molecule has 0 bridgehead atoms. The molecule has 0 saturated carbocycles. The van der Waals surface area contributed by atoms with Crippen LogP contribution in [0.2, 0.25) is 0 Å². The highest BCUT2D eigenvalue weighted by Gasteiger charge is 2.35. The Hall–Kier alpha value is -1.85. The quantitative estimate of drug-likeness (QED) is 0.430. The van der Waals surface area contributed by atoms with E-state index >= 15 is 0 Å². The topological polar surface area (TPSA) is 78.9 Å².